The molecule has 0 aliphatic carbocycles. The van der Waals surface area contributed by atoms with Crippen molar-refractivity contribution in [2.45, 2.75) is 6.54 Å². The van der Waals surface area contributed by atoms with E-state index in [4.69, 9.17) is 14.2 Å². The number of amides is 1. The zero-order valence-electron chi connectivity index (χ0n) is 10.0. The smallest absolute Gasteiger partial charge is 0.289 e. The van der Waals surface area contributed by atoms with Gasteiger partial charge in [-0.2, -0.15) is 0 Å². The second-order valence-electron chi connectivity index (χ2n) is 3.56. The van der Waals surface area contributed by atoms with Crippen LogP contribution in [0.3, 0.4) is 0 Å². The van der Waals surface area contributed by atoms with Crippen LogP contribution < -0.4 is 10.1 Å². The average molecular weight is 250 g/mol. The Morgan fingerprint density at radius 3 is 3.17 bits per heavy atom. The van der Waals surface area contributed by atoms with Crippen LogP contribution in [-0.2, 0) is 20.8 Å². The van der Waals surface area contributed by atoms with Crippen LogP contribution in [0.5, 0.6) is 5.88 Å². The Balaban J connectivity index is 1.94. The maximum Gasteiger partial charge on any atom is 0.289 e. The van der Waals surface area contributed by atoms with Gasteiger partial charge in [-0.3, -0.25) is 4.79 Å². The molecule has 2 rings (SSSR count). The molecule has 0 radical (unpaired) electrons. The van der Waals surface area contributed by atoms with Crippen molar-refractivity contribution in [3.05, 3.63) is 35.9 Å². The molecule has 2 heterocycles. The van der Waals surface area contributed by atoms with Gasteiger partial charge in [-0.25, -0.2) is 4.98 Å². The van der Waals surface area contributed by atoms with Gasteiger partial charge in [0.05, 0.1) is 7.11 Å². The Hall–Kier alpha value is -2.24. The minimum absolute atomic E-state index is 0.184. The Labute approximate surface area is 105 Å². The van der Waals surface area contributed by atoms with Gasteiger partial charge in [-0.15, -0.1) is 0 Å². The van der Waals surface area contributed by atoms with E-state index in [0.29, 0.717) is 25.6 Å². The summed E-state index contributed by atoms with van der Waals surface area (Å²) in [5.74, 6) is 0.359. The van der Waals surface area contributed by atoms with Crippen LogP contribution in [0.2, 0.25) is 0 Å². The first-order chi connectivity index (χ1) is 8.81. The van der Waals surface area contributed by atoms with E-state index in [9.17, 15) is 4.79 Å². The van der Waals surface area contributed by atoms with Gasteiger partial charge in [0.1, 0.15) is 19.5 Å². The number of pyridine rings is 1. The number of hydrogen-bond donors (Lipinski definition) is 1. The van der Waals surface area contributed by atoms with E-state index in [-0.39, 0.29) is 11.7 Å². The first kappa shape index (κ1) is 12.2. The highest BCUT2D eigenvalue weighted by Gasteiger charge is 2.15. The van der Waals surface area contributed by atoms with Crippen molar-refractivity contribution in [3.8, 4) is 5.88 Å². The second kappa shape index (κ2) is 5.90. The molecule has 0 fully saturated rings. The predicted octanol–water partition coefficient (Wildman–Crippen LogP) is 0.595. The molecule has 0 spiro atoms. The lowest BCUT2D eigenvalue weighted by Gasteiger charge is -2.15. The normalized spacial score (nSPS) is 13.9. The molecule has 1 aliphatic heterocycles. The first-order valence-electron chi connectivity index (χ1n) is 5.52. The van der Waals surface area contributed by atoms with E-state index >= 15 is 0 Å². The molecule has 0 atom stereocenters. The summed E-state index contributed by atoms with van der Waals surface area (Å²) in [5, 5.41) is 2.71. The fourth-order valence-corrected chi connectivity index (χ4v) is 1.49. The standard InChI is InChI=1S/C12H14N2O4/c1-16-12-9(3-2-4-13-12)7-14-11(15)10-8-17-5-6-18-10/h2-4,8H,5-7H2,1H3,(H,14,15). The molecule has 0 unspecified atom stereocenters. The van der Waals surface area contributed by atoms with Crippen molar-refractivity contribution >= 4 is 5.91 Å². The van der Waals surface area contributed by atoms with E-state index in [2.05, 4.69) is 10.3 Å². The van der Waals surface area contributed by atoms with Gasteiger partial charge < -0.3 is 19.5 Å². The number of nitrogens with zero attached hydrogens (tertiary/aromatic N) is 1. The molecule has 6 heteroatoms. The fraction of sp³-hybridized carbons (Fsp3) is 0.333. The van der Waals surface area contributed by atoms with Crippen molar-refractivity contribution in [2.75, 3.05) is 20.3 Å². The predicted molar refractivity (Wildman–Crippen MR) is 62.6 cm³/mol. The van der Waals surface area contributed by atoms with E-state index in [1.165, 1.54) is 13.4 Å². The van der Waals surface area contributed by atoms with Crippen LogP contribution in [0.4, 0.5) is 0 Å². The summed E-state index contributed by atoms with van der Waals surface area (Å²) in [6.07, 6.45) is 2.95. The summed E-state index contributed by atoms with van der Waals surface area (Å²) in [6, 6.07) is 3.61. The maximum absolute atomic E-state index is 11.7. The molecule has 1 amide bonds. The molecule has 1 N–H and O–H groups in total. The van der Waals surface area contributed by atoms with Gasteiger partial charge in [0.15, 0.2) is 0 Å². The van der Waals surface area contributed by atoms with Gasteiger partial charge in [0.2, 0.25) is 11.6 Å². The van der Waals surface area contributed by atoms with Crippen LogP contribution in [-0.4, -0.2) is 31.2 Å². The molecular formula is C12H14N2O4. The van der Waals surface area contributed by atoms with E-state index in [1.54, 1.807) is 12.3 Å². The van der Waals surface area contributed by atoms with Crippen molar-refractivity contribution in [3.63, 3.8) is 0 Å². The van der Waals surface area contributed by atoms with Crippen LogP contribution in [0.25, 0.3) is 0 Å². The lowest BCUT2D eigenvalue weighted by Crippen LogP contribution is -2.28. The second-order valence-corrected chi connectivity index (χ2v) is 3.56. The number of ether oxygens (including phenoxy) is 3. The van der Waals surface area contributed by atoms with Crippen LogP contribution in [0, 0.1) is 0 Å². The summed E-state index contributed by atoms with van der Waals surface area (Å²) in [6.45, 7) is 1.17. The largest absolute Gasteiger partial charge is 0.494 e. The molecule has 96 valence electrons. The van der Waals surface area contributed by atoms with Gasteiger partial charge >= 0.3 is 0 Å². The van der Waals surface area contributed by atoms with Crippen molar-refractivity contribution in [1.82, 2.24) is 10.3 Å². The fourth-order valence-electron chi connectivity index (χ4n) is 1.49. The van der Waals surface area contributed by atoms with Crippen LogP contribution >= 0.6 is 0 Å². The molecular weight excluding hydrogens is 236 g/mol. The number of aromatic nitrogens is 1. The number of methoxy groups -OCH3 is 1. The van der Waals surface area contributed by atoms with Crippen LogP contribution in [0.15, 0.2) is 30.4 Å². The molecule has 1 aliphatic rings. The lowest BCUT2D eigenvalue weighted by atomic mass is 10.2. The monoisotopic (exact) mass is 250 g/mol. The quantitative estimate of drug-likeness (QED) is 0.847. The van der Waals surface area contributed by atoms with Gasteiger partial charge in [-0.1, -0.05) is 6.07 Å². The highest BCUT2D eigenvalue weighted by atomic mass is 16.6. The molecule has 0 saturated carbocycles. The van der Waals surface area contributed by atoms with Gasteiger partial charge in [0.25, 0.3) is 5.91 Å². The molecule has 0 bridgehead atoms. The summed E-state index contributed by atoms with van der Waals surface area (Å²) in [5.41, 5.74) is 0.797. The van der Waals surface area contributed by atoms with Crippen molar-refractivity contribution in [1.29, 1.82) is 0 Å². The third-order valence-electron chi connectivity index (χ3n) is 2.36. The third kappa shape index (κ3) is 2.91. The van der Waals surface area contributed by atoms with Gasteiger partial charge in [-0.05, 0) is 6.07 Å². The highest BCUT2D eigenvalue weighted by Crippen LogP contribution is 2.13. The topological polar surface area (TPSA) is 69.7 Å². The van der Waals surface area contributed by atoms with Crippen molar-refractivity contribution < 1.29 is 19.0 Å². The number of carbonyl (C=O) groups is 1. The molecule has 0 aromatic carbocycles. The molecule has 1 aromatic heterocycles. The number of nitrogens with one attached hydrogen (secondary N) is 1. The maximum atomic E-state index is 11.7. The summed E-state index contributed by atoms with van der Waals surface area (Å²) >= 11 is 0. The Kier molecular flexibility index (Phi) is 4.01. The van der Waals surface area contributed by atoms with E-state index in [1.807, 2.05) is 6.07 Å². The number of carbonyl (C=O) groups excluding carboxylic acids is 1. The Bertz CT molecular complexity index is 459. The zero-order chi connectivity index (χ0) is 12.8. The Morgan fingerprint density at radius 1 is 1.56 bits per heavy atom. The minimum atomic E-state index is -0.319. The third-order valence-corrected chi connectivity index (χ3v) is 2.36. The molecule has 1 aromatic rings. The molecule has 0 saturated heterocycles. The SMILES string of the molecule is COc1ncccc1CNC(=O)C1=COCCO1. The lowest BCUT2D eigenvalue weighted by molar-refractivity contribution is -0.122. The summed E-state index contributed by atoms with van der Waals surface area (Å²) in [7, 11) is 1.54. The average Bonchev–Trinajstić information content (AvgIpc) is 2.46. The van der Waals surface area contributed by atoms with Crippen molar-refractivity contribution in [2.24, 2.45) is 0 Å². The summed E-state index contributed by atoms with van der Waals surface area (Å²) in [4.78, 5) is 15.8. The van der Waals surface area contributed by atoms with Gasteiger partial charge in [0, 0.05) is 18.3 Å². The first-order valence-corrected chi connectivity index (χ1v) is 5.52. The number of hydrogen-bond acceptors (Lipinski definition) is 5. The van der Waals surface area contributed by atoms with Crippen LogP contribution in [0.1, 0.15) is 5.56 Å². The summed E-state index contributed by atoms with van der Waals surface area (Å²) < 4.78 is 15.3. The molecule has 18 heavy (non-hydrogen) atoms. The van der Waals surface area contributed by atoms with E-state index in [0.717, 1.165) is 5.56 Å². The highest BCUT2D eigenvalue weighted by molar-refractivity contribution is 5.91. The molecule has 6 nitrogen and oxygen atoms in total. The number of rotatable bonds is 4. The van der Waals surface area contributed by atoms with E-state index < -0.39 is 0 Å². The minimum Gasteiger partial charge on any atom is -0.494 e. The zero-order valence-corrected chi connectivity index (χ0v) is 10.0. The Morgan fingerprint density at radius 2 is 2.44 bits per heavy atom.